The van der Waals surface area contributed by atoms with Gasteiger partial charge in [0.1, 0.15) is 23.4 Å². The summed E-state index contributed by atoms with van der Waals surface area (Å²) in [5.74, 6) is -0.582. The normalized spacial score (nSPS) is 11.4. The monoisotopic (exact) mass is 799 g/mol. The molecular weight excluding hydrogens is 770 g/mol. The molecule has 7 rings (SSSR count). The number of aromatic hydroxyl groups is 1. The molecule has 2 aliphatic rings. The highest BCUT2D eigenvalue weighted by molar-refractivity contribution is 7.99. The molecule has 12 nitrogen and oxygen atoms in total. The fourth-order valence-corrected chi connectivity index (χ4v) is 8.08. The van der Waals surface area contributed by atoms with E-state index in [-0.39, 0.29) is 22.5 Å². The summed E-state index contributed by atoms with van der Waals surface area (Å²) < 4.78 is 7.95. The molecule has 16 heteroatoms. The van der Waals surface area contributed by atoms with Crippen LogP contribution in [0.3, 0.4) is 0 Å². The van der Waals surface area contributed by atoms with E-state index >= 15 is 0 Å². The number of rotatable bonds is 12. The molecule has 0 saturated heterocycles. The first-order chi connectivity index (χ1) is 26.0. The van der Waals surface area contributed by atoms with Gasteiger partial charge in [-0.1, -0.05) is 53.9 Å². The van der Waals surface area contributed by atoms with Crippen LogP contribution < -0.4 is 21.8 Å². The lowest BCUT2D eigenvalue weighted by Gasteiger charge is -2.18. The van der Waals surface area contributed by atoms with Crippen molar-refractivity contribution in [1.82, 2.24) is 24.8 Å². The number of halogens is 2. The highest BCUT2D eigenvalue weighted by Crippen LogP contribution is 2.42. The largest absolute Gasteiger partial charge is 0.508 e. The third-order valence-corrected chi connectivity index (χ3v) is 10.3. The van der Waals surface area contributed by atoms with Crippen LogP contribution >= 0.6 is 47.2 Å². The number of nitrogen functional groups attached to an aromatic ring is 1. The Morgan fingerprint density at radius 3 is 2.52 bits per heavy atom. The second kappa shape index (κ2) is 15.9. The Labute approximate surface area is 327 Å². The van der Waals surface area contributed by atoms with Gasteiger partial charge in [0.05, 0.1) is 5.56 Å². The first-order valence-corrected chi connectivity index (χ1v) is 18.7. The maximum atomic E-state index is 12.6. The first kappa shape index (κ1) is 36.9. The van der Waals surface area contributed by atoms with E-state index in [1.54, 1.807) is 30.3 Å². The molecule has 0 saturated carbocycles. The van der Waals surface area contributed by atoms with Crippen molar-refractivity contribution in [2.24, 2.45) is 0 Å². The van der Waals surface area contributed by atoms with Crippen LogP contribution in [0.15, 0.2) is 98.4 Å². The first-order valence-electron chi connectivity index (χ1n) is 16.8. The molecule has 6 N–H and O–H groups in total. The van der Waals surface area contributed by atoms with Crippen molar-refractivity contribution in [1.29, 1.82) is 0 Å². The summed E-state index contributed by atoms with van der Waals surface area (Å²) in [6.07, 6.45) is 5.02. The maximum absolute atomic E-state index is 12.6. The third-order valence-electron chi connectivity index (χ3n) is 8.62. The van der Waals surface area contributed by atoms with Gasteiger partial charge < -0.3 is 35.6 Å². The average Bonchev–Trinajstić information content (AvgIpc) is 3.47. The number of unbranched alkanes of at least 4 members (excludes halogenated alkanes) is 3. The molecule has 0 amide bonds. The lowest BCUT2D eigenvalue weighted by Crippen LogP contribution is -2.29. The van der Waals surface area contributed by atoms with Crippen molar-refractivity contribution in [2.45, 2.75) is 42.3 Å². The Kier molecular flexibility index (Phi) is 10.9. The summed E-state index contributed by atoms with van der Waals surface area (Å²) in [5, 5.41) is 29.4. The summed E-state index contributed by atoms with van der Waals surface area (Å²) in [5.41, 5.74) is 9.43. The number of benzene rings is 4. The van der Waals surface area contributed by atoms with E-state index in [1.165, 1.54) is 48.4 Å². The van der Waals surface area contributed by atoms with Gasteiger partial charge in [-0.15, -0.1) is 0 Å². The number of fused-ring (bicyclic) bond motifs is 3. The van der Waals surface area contributed by atoms with Gasteiger partial charge in [-0.25, -0.2) is 19.7 Å². The molecule has 2 aromatic heterocycles. The van der Waals surface area contributed by atoms with Gasteiger partial charge in [0.15, 0.2) is 32.7 Å². The Morgan fingerprint density at radius 1 is 0.944 bits per heavy atom. The van der Waals surface area contributed by atoms with Gasteiger partial charge in [0.2, 0.25) is 0 Å². The van der Waals surface area contributed by atoms with E-state index in [0.29, 0.717) is 83.7 Å². The quantitative estimate of drug-likeness (QED) is 0.0450. The second-order valence-electron chi connectivity index (χ2n) is 12.4. The number of nitrogens with two attached hydrogens (primary N) is 1. The van der Waals surface area contributed by atoms with Crippen LogP contribution in [0.4, 0.5) is 11.5 Å². The number of carbonyl (C=O) groups is 1. The zero-order chi connectivity index (χ0) is 37.9. The SMILES string of the molecule is Nc1ncnc2c1nc(Sc1cc(Cl)cc(Cl)c1)n2CCCCCCNC(=S)Nc1ccc(-c2c3ccc(=O)cc-3oc3cc(O)ccc23)c(C(=O)O)c1. The number of hydrogen-bond donors (Lipinski definition) is 5. The molecule has 3 aromatic carbocycles. The van der Waals surface area contributed by atoms with Gasteiger partial charge in [-0.3, -0.25) is 4.79 Å². The Morgan fingerprint density at radius 2 is 1.72 bits per heavy atom. The van der Waals surface area contributed by atoms with E-state index in [2.05, 4.69) is 20.6 Å². The number of aryl methyl sites for hydroxylation is 1. The number of phenols is 1. The third kappa shape index (κ3) is 8.06. The predicted octanol–water partition coefficient (Wildman–Crippen LogP) is 8.70. The minimum Gasteiger partial charge on any atom is -0.508 e. The van der Waals surface area contributed by atoms with E-state index in [9.17, 15) is 19.8 Å². The maximum Gasteiger partial charge on any atom is 0.336 e. The minimum absolute atomic E-state index is 0.0219. The molecule has 3 heterocycles. The molecule has 0 unspecified atom stereocenters. The summed E-state index contributed by atoms with van der Waals surface area (Å²) >= 11 is 19.4. The van der Waals surface area contributed by atoms with Gasteiger partial charge in [-0.2, -0.15) is 0 Å². The average molecular weight is 801 g/mol. The van der Waals surface area contributed by atoms with Crippen LogP contribution in [0.2, 0.25) is 10.0 Å². The van der Waals surface area contributed by atoms with Gasteiger partial charge >= 0.3 is 5.97 Å². The summed E-state index contributed by atoms with van der Waals surface area (Å²) in [4.78, 5) is 38.8. The smallest absolute Gasteiger partial charge is 0.336 e. The number of thiocarbonyl (C=S) groups is 1. The zero-order valence-corrected chi connectivity index (χ0v) is 31.5. The van der Waals surface area contributed by atoms with Gasteiger partial charge in [0.25, 0.3) is 0 Å². The fraction of sp³-hybridized carbons (Fsp3) is 0.158. The minimum atomic E-state index is -1.15. The predicted molar refractivity (Wildman–Crippen MR) is 216 cm³/mol. The number of nitrogens with one attached hydrogen (secondary N) is 2. The lowest BCUT2D eigenvalue weighted by atomic mass is 9.90. The van der Waals surface area contributed by atoms with E-state index in [4.69, 9.17) is 50.6 Å². The number of nitrogens with zero attached hydrogens (tertiary/aromatic N) is 4. The number of imidazole rings is 1. The molecule has 0 atom stereocenters. The molecule has 1 aliphatic heterocycles. The van der Waals surface area contributed by atoms with Crippen molar-refractivity contribution >= 4 is 91.9 Å². The zero-order valence-electron chi connectivity index (χ0n) is 28.3. The number of carboxylic acid groups (broad SMARTS) is 1. The Balaban J connectivity index is 0.967. The summed E-state index contributed by atoms with van der Waals surface area (Å²) in [6, 6.07) is 19.2. The lowest BCUT2D eigenvalue weighted by molar-refractivity contribution is 0.0697. The van der Waals surface area contributed by atoms with Crippen molar-refractivity contribution < 1.29 is 19.4 Å². The van der Waals surface area contributed by atoms with Crippen LogP contribution in [0.25, 0.3) is 44.6 Å². The number of phenolic OH excluding ortho intramolecular Hbond substituents is 1. The highest BCUT2D eigenvalue weighted by Gasteiger charge is 2.23. The van der Waals surface area contributed by atoms with Crippen LogP contribution in [0, 0.1) is 0 Å². The van der Waals surface area contributed by atoms with E-state index in [0.717, 1.165) is 30.6 Å². The van der Waals surface area contributed by atoms with Crippen molar-refractivity contribution in [3.63, 3.8) is 0 Å². The molecule has 0 spiro atoms. The summed E-state index contributed by atoms with van der Waals surface area (Å²) in [7, 11) is 0. The molecule has 0 bridgehead atoms. The van der Waals surface area contributed by atoms with Gasteiger partial charge in [-0.05, 0) is 85.2 Å². The Bertz CT molecular complexity index is 2580. The number of aromatic carboxylic acids is 1. The molecule has 1 aliphatic carbocycles. The molecule has 274 valence electrons. The van der Waals surface area contributed by atoms with E-state index < -0.39 is 5.97 Å². The fourth-order valence-electron chi connectivity index (χ4n) is 6.20. The van der Waals surface area contributed by atoms with Gasteiger partial charge in [0, 0.05) is 62.4 Å². The number of hydrogen-bond acceptors (Lipinski definition) is 10. The molecule has 0 fully saturated rings. The number of carboxylic acids is 1. The molecular formula is C38H31Cl2N7O5S2. The van der Waals surface area contributed by atoms with E-state index in [1.807, 2.05) is 16.7 Å². The molecule has 54 heavy (non-hydrogen) atoms. The van der Waals surface area contributed by atoms with Crippen molar-refractivity contribution in [3.05, 3.63) is 105 Å². The highest BCUT2D eigenvalue weighted by atomic mass is 35.5. The standard InChI is InChI=1S/C38H31Cl2N7O5S2/c39-20-13-21(40)15-25(14-20)54-38-46-33-34(41)43-19-44-35(33)47(38)12-4-2-1-3-11-42-37(53)45-22-5-8-26(29(16-22)36(50)51)32-27-9-6-23(48)17-30(27)52-31-18-24(49)7-10-28(31)32/h5-10,13-19,48H,1-4,11-12H2,(H,50,51)(H2,41,43,44)(H2,42,45,53). The van der Waals surface area contributed by atoms with Crippen molar-refractivity contribution in [2.75, 3.05) is 17.6 Å². The van der Waals surface area contributed by atoms with Crippen molar-refractivity contribution in [3.8, 4) is 28.2 Å². The van der Waals surface area contributed by atoms with Crippen LogP contribution in [-0.2, 0) is 6.54 Å². The second-order valence-corrected chi connectivity index (χ2v) is 14.7. The van der Waals surface area contributed by atoms with Crippen LogP contribution in [-0.4, -0.2) is 47.4 Å². The molecule has 5 aromatic rings. The number of anilines is 2. The number of aromatic nitrogens is 4. The molecule has 0 radical (unpaired) electrons. The Hall–Kier alpha value is -5.41. The van der Waals surface area contributed by atoms with Crippen LogP contribution in [0.5, 0.6) is 5.75 Å². The topological polar surface area (TPSA) is 181 Å². The summed E-state index contributed by atoms with van der Waals surface area (Å²) in [6.45, 7) is 1.29. The van der Waals surface area contributed by atoms with Crippen LogP contribution in [0.1, 0.15) is 36.0 Å².